The Morgan fingerprint density at radius 2 is 2.00 bits per heavy atom. The van der Waals surface area contributed by atoms with Crippen LogP contribution in [0.15, 0.2) is 36.7 Å². The molecular formula is C15H11ClF3N7O. The topological polar surface area (TPSA) is 112 Å². The van der Waals surface area contributed by atoms with Crippen molar-refractivity contribution in [1.82, 2.24) is 30.3 Å². The summed E-state index contributed by atoms with van der Waals surface area (Å²) in [6, 6.07) is 4.90. The molecule has 0 saturated carbocycles. The molecule has 1 aromatic carbocycles. The minimum Gasteiger partial charge on any atom is -0.382 e. The van der Waals surface area contributed by atoms with E-state index in [0.29, 0.717) is 0 Å². The fraction of sp³-hybridized carbons (Fsp3) is 0.133. The SMILES string of the molecule is Nc1nc(-n2ccnn2)c(Cl)nc1C(=O)NCc1ccccc1C(F)(F)F. The first kappa shape index (κ1) is 18.6. The van der Waals surface area contributed by atoms with Gasteiger partial charge in [-0.2, -0.15) is 17.9 Å². The van der Waals surface area contributed by atoms with Crippen LogP contribution in [0.2, 0.25) is 5.15 Å². The number of nitrogens with two attached hydrogens (primary N) is 1. The number of nitrogens with one attached hydrogen (secondary N) is 1. The number of amides is 1. The lowest BCUT2D eigenvalue weighted by atomic mass is 10.1. The summed E-state index contributed by atoms with van der Waals surface area (Å²) < 4.78 is 40.2. The van der Waals surface area contributed by atoms with E-state index >= 15 is 0 Å². The smallest absolute Gasteiger partial charge is 0.382 e. The van der Waals surface area contributed by atoms with Gasteiger partial charge in [0.1, 0.15) is 0 Å². The molecule has 0 aliphatic carbocycles. The largest absolute Gasteiger partial charge is 0.416 e. The number of alkyl halides is 3. The third-order valence-corrected chi connectivity index (χ3v) is 3.73. The summed E-state index contributed by atoms with van der Waals surface area (Å²) in [5, 5.41) is 9.45. The lowest BCUT2D eigenvalue weighted by molar-refractivity contribution is -0.138. The van der Waals surface area contributed by atoms with Gasteiger partial charge in [-0.05, 0) is 11.6 Å². The molecule has 0 atom stereocenters. The van der Waals surface area contributed by atoms with Crippen molar-refractivity contribution in [3.8, 4) is 5.82 Å². The van der Waals surface area contributed by atoms with Crippen molar-refractivity contribution < 1.29 is 18.0 Å². The van der Waals surface area contributed by atoms with Gasteiger partial charge in [0.2, 0.25) is 0 Å². The predicted molar refractivity (Wildman–Crippen MR) is 89.0 cm³/mol. The van der Waals surface area contributed by atoms with Gasteiger partial charge in [-0.25, -0.2) is 9.97 Å². The number of aromatic nitrogens is 5. The quantitative estimate of drug-likeness (QED) is 0.698. The summed E-state index contributed by atoms with van der Waals surface area (Å²) in [4.78, 5) is 20.1. The lowest BCUT2D eigenvalue weighted by Crippen LogP contribution is -2.27. The lowest BCUT2D eigenvalue weighted by Gasteiger charge is -2.13. The Bertz CT molecular complexity index is 976. The number of nitrogens with zero attached hydrogens (tertiary/aromatic N) is 5. The third kappa shape index (κ3) is 3.97. The average Bonchev–Trinajstić information content (AvgIpc) is 3.15. The van der Waals surface area contributed by atoms with Gasteiger partial charge in [0.05, 0.1) is 18.0 Å². The summed E-state index contributed by atoms with van der Waals surface area (Å²) in [6.45, 7) is -0.377. The molecule has 3 aromatic rings. The summed E-state index contributed by atoms with van der Waals surface area (Å²) in [6.07, 6.45) is -1.71. The fourth-order valence-electron chi connectivity index (χ4n) is 2.26. The van der Waals surface area contributed by atoms with Crippen molar-refractivity contribution in [2.24, 2.45) is 0 Å². The maximum Gasteiger partial charge on any atom is 0.416 e. The molecule has 0 bridgehead atoms. The first-order chi connectivity index (χ1) is 12.8. The van der Waals surface area contributed by atoms with Crippen molar-refractivity contribution >= 4 is 23.3 Å². The van der Waals surface area contributed by atoms with Crippen LogP contribution in [0.1, 0.15) is 21.6 Å². The summed E-state index contributed by atoms with van der Waals surface area (Å²) in [7, 11) is 0. The van der Waals surface area contributed by atoms with E-state index in [1.807, 2.05) is 0 Å². The molecule has 140 valence electrons. The molecule has 1 amide bonds. The van der Waals surface area contributed by atoms with Gasteiger partial charge in [0, 0.05) is 6.54 Å². The van der Waals surface area contributed by atoms with E-state index in [1.165, 1.54) is 35.3 Å². The van der Waals surface area contributed by atoms with Gasteiger partial charge >= 0.3 is 6.18 Å². The van der Waals surface area contributed by atoms with Crippen LogP contribution in [0.25, 0.3) is 5.82 Å². The van der Waals surface area contributed by atoms with E-state index in [-0.39, 0.29) is 34.6 Å². The van der Waals surface area contributed by atoms with Gasteiger partial charge in [-0.1, -0.05) is 35.0 Å². The second-order valence-electron chi connectivity index (χ2n) is 5.26. The molecule has 0 aliphatic rings. The van der Waals surface area contributed by atoms with Crippen LogP contribution in [0.4, 0.5) is 19.0 Å². The second kappa shape index (κ2) is 7.19. The molecule has 0 saturated heterocycles. The van der Waals surface area contributed by atoms with Crippen LogP contribution in [0.5, 0.6) is 0 Å². The molecule has 3 N–H and O–H groups in total. The zero-order chi connectivity index (χ0) is 19.6. The van der Waals surface area contributed by atoms with Crippen molar-refractivity contribution in [3.05, 3.63) is 58.6 Å². The molecule has 0 fully saturated rings. The monoisotopic (exact) mass is 397 g/mol. The van der Waals surface area contributed by atoms with Gasteiger partial charge in [-0.15, -0.1) is 5.10 Å². The van der Waals surface area contributed by atoms with Crippen LogP contribution >= 0.6 is 11.6 Å². The number of rotatable bonds is 4. The van der Waals surface area contributed by atoms with Crippen molar-refractivity contribution in [3.63, 3.8) is 0 Å². The number of anilines is 1. The summed E-state index contributed by atoms with van der Waals surface area (Å²) >= 11 is 5.99. The second-order valence-corrected chi connectivity index (χ2v) is 5.62. The highest BCUT2D eigenvalue weighted by Gasteiger charge is 2.33. The number of hydrogen-bond donors (Lipinski definition) is 2. The van der Waals surface area contributed by atoms with Crippen molar-refractivity contribution in [2.75, 3.05) is 5.73 Å². The Labute approximate surface area is 155 Å². The Morgan fingerprint density at radius 3 is 2.67 bits per heavy atom. The van der Waals surface area contributed by atoms with Gasteiger partial charge in [0.25, 0.3) is 5.91 Å². The van der Waals surface area contributed by atoms with Crippen molar-refractivity contribution in [2.45, 2.75) is 12.7 Å². The number of benzene rings is 1. The first-order valence-electron chi connectivity index (χ1n) is 7.40. The van der Waals surface area contributed by atoms with Crippen LogP contribution in [0.3, 0.4) is 0 Å². The summed E-state index contributed by atoms with van der Waals surface area (Å²) in [5.41, 5.74) is 4.47. The highest BCUT2D eigenvalue weighted by molar-refractivity contribution is 6.31. The minimum absolute atomic E-state index is 0.0608. The van der Waals surface area contributed by atoms with Gasteiger partial charge in [0.15, 0.2) is 22.5 Å². The van der Waals surface area contributed by atoms with Crippen molar-refractivity contribution in [1.29, 1.82) is 0 Å². The highest BCUT2D eigenvalue weighted by Crippen LogP contribution is 2.31. The van der Waals surface area contributed by atoms with E-state index in [9.17, 15) is 18.0 Å². The number of nitrogen functional groups attached to an aromatic ring is 1. The van der Waals surface area contributed by atoms with E-state index in [0.717, 1.165) is 6.07 Å². The predicted octanol–water partition coefficient (Wildman–Crippen LogP) is 2.24. The molecule has 8 nitrogen and oxygen atoms in total. The standard InChI is InChI=1S/C15H11ClF3N7O/c16-11-13(26-6-5-22-25-26)24-12(20)10(23-11)14(27)21-7-8-3-1-2-4-9(8)15(17,18)19/h1-6H,7H2,(H2,20,24)(H,21,27). The van der Waals surface area contributed by atoms with Crippen LogP contribution in [-0.4, -0.2) is 30.9 Å². The zero-order valence-corrected chi connectivity index (χ0v) is 14.2. The molecule has 2 heterocycles. The highest BCUT2D eigenvalue weighted by atomic mass is 35.5. The first-order valence-corrected chi connectivity index (χ1v) is 7.78. The van der Waals surface area contributed by atoms with Gasteiger partial charge < -0.3 is 11.1 Å². The maximum absolute atomic E-state index is 13.0. The number of hydrogen-bond acceptors (Lipinski definition) is 6. The molecule has 2 aromatic heterocycles. The molecule has 0 aliphatic heterocycles. The molecule has 0 unspecified atom stereocenters. The summed E-state index contributed by atoms with van der Waals surface area (Å²) in [5.74, 6) is -1.01. The molecule has 12 heteroatoms. The van der Waals surface area contributed by atoms with E-state index in [4.69, 9.17) is 17.3 Å². The maximum atomic E-state index is 13.0. The Hall–Kier alpha value is -3.21. The Morgan fingerprint density at radius 1 is 1.26 bits per heavy atom. The normalized spacial score (nSPS) is 11.4. The fourth-order valence-corrected chi connectivity index (χ4v) is 2.48. The molecule has 0 spiro atoms. The zero-order valence-electron chi connectivity index (χ0n) is 13.4. The third-order valence-electron chi connectivity index (χ3n) is 3.48. The molecule has 0 radical (unpaired) electrons. The molecule has 27 heavy (non-hydrogen) atoms. The van der Waals surface area contributed by atoms with E-state index in [2.05, 4.69) is 25.6 Å². The number of carbonyl (C=O) groups is 1. The minimum atomic E-state index is -4.54. The van der Waals surface area contributed by atoms with Crippen LogP contribution in [0, 0.1) is 0 Å². The van der Waals surface area contributed by atoms with Crippen LogP contribution < -0.4 is 11.1 Å². The Kier molecular flexibility index (Phi) is 4.95. The number of carbonyl (C=O) groups excluding carboxylic acids is 1. The Balaban J connectivity index is 1.81. The van der Waals surface area contributed by atoms with Gasteiger partial charge in [-0.3, -0.25) is 4.79 Å². The van der Waals surface area contributed by atoms with E-state index in [1.54, 1.807) is 0 Å². The molecule has 3 rings (SSSR count). The number of halogens is 4. The average molecular weight is 398 g/mol. The van der Waals surface area contributed by atoms with E-state index < -0.39 is 17.6 Å². The van der Waals surface area contributed by atoms with Crippen LogP contribution in [-0.2, 0) is 12.7 Å². The molecular weight excluding hydrogens is 387 g/mol.